The second kappa shape index (κ2) is 5.95. The highest BCUT2D eigenvalue weighted by Crippen LogP contribution is 2.15. The summed E-state index contributed by atoms with van der Waals surface area (Å²) in [6, 6.07) is 2.85. The summed E-state index contributed by atoms with van der Waals surface area (Å²) in [5.74, 6) is 0. The van der Waals surface area contributed by atoms with E-state index < -0.39 is 0 Å². The molecular formula is C10H19N3. The molecule has 0 radical (unpaired) electrons. The van der Waals surface area contributed by atoms with Crippen LogP contribution in [0.1, 0.15) is 26.2 Å². The van der Waals surface area contributed by atoms with Gasteiger partial charge < -0.3 is 5.32 Å². The fourth-order valence-corrected chi connectivity index (χ4v) is 1.96. The predicted molar refractivity (Wildman–Crippen MR) is 53.4 cm³/mol. The van der Waals surface area contributed by atoms with E-state index in [9.17, 15) is 0 Å². The predicted octanol–water partition coefficient (Wildman–Crippen LogP) is 0.974. The van der Waals surface area contributed by atoms with Gasteiger partial charge in [-0.1, -0.05) is 6.92 Å². The van der Waals surface area contributed by atoms with Crippen LogP contribution in [0.25, 0.3) is 0 Å². The summed E-state index contributed by atoms with van der Waals surface area (Å²) in [6.07, 6.45) is 3.27. The minimum absolute atomic E-state index is 0.624. The highest BCUT2D eigenvalue weighted by Gasteiger charge is 2.21. The monoisotopic (exact) mass is 181 g/mol. The zero-order chi connectivity index (χ0) is 9.52. The lowest BCUT2D eigenvalue weighted by Crippen LogP contribution is -2.37. The van der Waals surface area contributed by atoms with Crippen LogP contribution < -0.4 is 5.32 Å². The molecule has 1 N–H and O–H groups in total. The van der Waals surface area contributed by atoms with E-state index in [4.69, 9.17) is 5.26 Å². The molecule has 0 bridgehead atoms. The molecule has 0 amide bonds. The van der Waals surface area contributed by atoms with E-state index >= 15 is 0 Å². The van der Waals surface area contributed by atoms with E-state index in [1.807, 2.05) is 0 Å². The SMILES string of the molecule is CCN1CCCC1CNCCC#N. The van der Waals surface area contributed by atoms with Crippen LogP contribution in [-0.4, -0.2) is 37.1 Å². The molecular weight excluding hydrogens is 162 g/mol. The summed E-state index contributed by atoms with van der Waals surface area (Å²) in [5.41, 5.74) is 0. The highest BCUT2D eigenvalue weighted by atomic mass is 15.2. The number of likely N-dealkylation sites (N-methyl/N-ethyl adjacent to an activating group) is 1. The van der Waals surface area contributed by atoms with Crippen LogP contribution in [0.3, 0.4) is 0 Å². The van der Waals surface area contributed by atoms with Gasteiger partial charge in [-0.2, -0.15) is 5.26 Å². The molecule has 13 heavy (non-hydrogen) atoms. The topological polar surface area (TPSA) is 39.1 Å². The third-order valence-corrected chi connectivity index (χ3v) is 2.70. The minimum atomic E-state index is 0.624. The number of hydrogen-bond donors (Lipinski definition) is 1. The first-order valence-corrected chi connectivity index (χ1v) is 5.20. The van der Waals surface area contributed by atoms with Crippen LogP contribution in [-0.2, 0) is 0 Å². The second-order valence-corrected chi connectivity index (χ2v) is 3.54. The number of hydrogen-bond acceptors (Lipinski definition) is 3. The second-order valence-electron chi connectivity index (χ2n) is 3.54. The Hall–Kier alpha value is -0.590. The Kier molecular flexibility index (Phi) is 4.81. The Morgan fingerprint density at radius 1 is 1.62 bits per heavy atom. The van der Waals surface area contributed by atoms with Gasteiger partial charge in [0.15, 0.2) is 0 Å². The van der Waals surface area contributed by atoms with Gasteiger partial charge in [-0.25, -0.2) is 0 Å². The van der Waals surface area contributed by atoms with Crippen LogP contribution >= 0.6 is 0 Å². The molecule has 0 saturated carbocycles. The van der Waals surface area contributed by atoms with Gasteiger partial charge in [0.2, 0.25) is 0 Å². The Bertz CT molecular complexity index is 173. The average Bonchev–Trinajstić information content (AvgIpc) is 2.60. The first-order valence-electron chi connectivity index (χ1n) is 5.20. The minimum Gasteiger partial charge on any atom is -0.314 e. The lowest BCUT2D eigenvalue weighted by atomic mass is 10.2. The Morgan fingerprint density at radius 3 is 3.15 bits per heavy atom. The van der Waals surface area contributed by atoms with Crippen LogP contribution in [0, 0.1) is 11.3 Å². The summed E-state index contributed by atoms with van der Waals surface area (Å²) in [6.45, 7) is 6.51. The normalized spacial score (nSPS) is 23.2. The Morgan fingerprint density at radius 2 is 2.46 bits per heavy atom. The fourth-order valence-electron chi connectivity index (χ4n) is 1.96. The van der Waals surface area contributed by atoms with E-state index in [-0.39, 0.29) is 0 Å². The first kappa shape index (κ1) is 10.5. The van der Waals surface area contributed by atoms with Crippen molar-refractivity contribution in [2.24, 2.45) is 0 Å². The average molecular weight is 181 g/mol. The molecule has 1 saturated heterocycles. The van der Waals surface area contributed by atoms with Gasteiger partial charge in [0.05, 0.1) is 6.07 Å². The molecule has 0 aromatic rings. The van der Waals surface area contributed by atoms with Crippen molar-refractivity contribution in [2.75, 3.05) is 26.2 Å². The Labute approximate surface area is 80.7 Å². The summed E-state index contributed by atoms with van der Waals surface area (Å²) in [5, 5.41) is 11.7. The molecule has 1 heterocycles. The summed E-state index contributed by atoms with van der Waals surface area (Å²) in [7, 11) is 0. The smallest absolute Gasteiger partial charge is 0.0635 e. The summed E-state index contributed by atoms with van der Waals surface area (Å²) >= 11 is 0. The van der Waals surface area contributed by atoms with Crippen LogP contribution in [0.5, 0.6) is 0 Å². The molecule has 1 atom stereocenters. The van der Waals surface area contributed by atoms with Gasteiger partial charge in [0, 0.05) is 25.6 Å². The van der Waals surface area contributed by atoms with Crippen molar-refractivity contribution in [2.45, 2.75) is 32.2 Å². The molecule has 3 heteroatoms. The van der Waals surface area contributed by atoms with Gasteiger partial charge in [0.25, 0.3) is 0 Å². The number of nitrogens with one attached hydrogen (secondary N) is 1. The van der Waals surface area contributed by atoms with Crippen molar-refractivity contribution in [1.29, 1.82) is 5.26 Å². The number of nitriles is 1. The third-order valence-electron chi connectivity index (χ3n) is 2.70. The molecule has 0 aromatic heterocycles. The van der Waals surface area contributed by atoms with Crippen molar-refractivity contribution in [3.05, 3.63) is 0 Å². The molecule has 1 aliphatic rings. The van der Waals surface area contributed by atoms with Crippen molar-refractivity contribution in [3.8, 4) is 6.07 Å². The molecule has 0 spiro atoms. The largest absolute Gasteiger partial charge is 0.314 e. The van der Waals surface area contributed by atoms with E-state index in [0.29, 0.717) is 12.5 Å². The number of nitrogens with zero attached hydrogens (tertiary/aromatic N) is 2. The molecule has 3 nitrogen and oxygen atoms in total. The quantitative estimate of drug-likeness (QED) is 0.642. The van der Waals surface area contributed by atoms with Gasteiger partial charge in [-0.15, -0.1) is 0 Å². The van der Waals surface area contributed by atoms with Crippen molar-refractivity contribution >= 4 is 0 Å². The maximum Gasteiger partial charge on any atom is 0.0635 e. The summed E-state index contributed by atoms with van der Waals surface area (Å²) < 4.78 is 0. The lowest BCUT2D eigenvalue weighted by Gasteiger charge is -2.22. The third kappa shape index (κ3) is 3.33. The van der Waals surface area contributed by atoms with Crippen molar-refractivity contribution in [3.63, 3.8) is 0 Å². The number of rotatable bonds is 5. The molecule has 0 aliphatic carbocycles. The molecule has 0 aromatic carbocycles. The van der Waals surface area contributed by atoms with E-state index in [1.54, 1.807) is 0 Å². The Balaban J connectivity index is 2.10. The molecule has 74 valence electrons. The number of likely N-dealkylation sites (tertiary alicyclic amines) is 1. The van der Waals surface area contributed by atoms with Crippen LogP contribution in [0.2, 0.25) is 0 Å². The summed E-state index contributed by atoms with van der Waals surface area (Å²) in [4.78, 5) is 2.51. The molecule has 1 aliphatic heterocycles. The first-order chi connectivity index (χ1) is 6.38. The van der Waals surface area contributed by atoms with E-state index in [0.717, 1.165) is 19.6 Å². The lowest BCUT2D eigenvalue weighted by molar-refractivity contribution is 0.261. The van der Waals surface area contributed by atoms with Gasteiger partial charge in [-0.05, 0) is 25.9 Å². The van der Waals surface area contributed by atoms with Crippen LogP contribution in [0.4, 0.5) is 0 Å². The molecule has 1 fully saturated rings. The van der Waals surface area contributed by atoms with Gasteiger partial charge in [0.1, 0.15) is 0 Å². The van der Waals surface area contributed by atoms with Crippen molar-refractivity contribution in [1.82, 2.24) is 10.2 Å². The zero-order valence-corrected chi connectivity index (χ0v) is 8.42. The fraction of sp³-hybridized carbons (Fsp3) is 0.900. The van der Waals surface area contributed by atoms with Gasteiger partial charge in [-0.3, -0.25) is 4.90 Å². The van der Waals surface area contributed by atoms with E-state index in [1.165, 1.54) is 19.4 Å². The molecule has 1 unspecified atom stereocenters. The van der Waals surface area contributed by atoms with E-state index in [2.05, 4.69) is 23.2 Å². The molecule has 1 rings (SSSR count). The standard InChI is InChI=1S/C10H19N3/c1-2-13-8-3-5-10(13)9-12-7-4-6-11/h10,12H,2-5,7-9H2,1H3. The van der Waals surface area contributed by atoms with Gasteiger partial charge >= 0.3 is 0 Å². The maximum atomic E-state index is 8.36. The van der Waals surface area contributed by atoms with Crippen LogP contribution in [0.15, 0.2) is 0 Å². The zero-order valence-electron chi connectivity index (χ0n) is 8.42. The maximum absolute atomic E-state index is 8.36. The van der Waals surface area contributed by atoms with Crippen molar-refractivity contribution < 1.29 is 0 Å². The highest BCUT2D eigenvalue weighted by molar-refractivity contribution is 4.80.